The number of unbranched alkanes of at least 4 members (excludes halogenated alkanes) is 2. The summed E-state index contributed by atoms with van der Waals surface area (Å²) < 4.78 is 17.1. The van der Waals surface area contributed by atoms with Crippen LogP contribution in [0.1, 0.15) is 56.1 Å². The van der Waals surface area contributed by atoms with Crippen molar-refractivity contribution in [3.8, 4) is 11.1 Å². The SMILES string of the molecule is C=C(CO)C(=O)OCC(COC(O)C(=C)CO)C1CCC(c2ccc(-c3ccc4cc(CCCCC)ccc4c3)cc2)CO1. The van der Waals surface area contributed by atoms with E-state index in [2.05, 4.69) is 80.7 Å². The maximum atomic E-state index is 12.1. The van der Waals surface area contributed by atoms with E-state index in [1.165, 1.54) is 52.3 Å². The van der Waals surface area contributed by atoms with E-state index < -0.39 is 25.5 Å². The molecule has 0 aliphatic carbocycles. The Labute approximate surface area is 260 Å². The van der Waals surface area contributed by atoms with Gasteiger partial charge in [0.2, 0.25) is 0 Å². The van der Waals surface area contributed by atoms with Gasteiger partial charge >= 0.3 is 5.97 Å². The molecule has 3 aromatic rings. The summed E-state index contributed by atoms with van der Waals surface area (Å²) in [5.41, 5.74) is 5.06. The van der Waals surface area contributed by atoms with Crippen molar-refractivity contribution in [2.75, 3.05) is 33.0 Å². The summed E-state index contributed by atoms with van der Waals surface area (Å²) in [5, 5.41) is 31.0. The van der Waals surface area contributed by atoms with E-state index in [4.69, 9.17) is 19.3 Å². The number of hydrogen-bond acceptors (Lipinski definition) is 7. The highest BCUT2D eigenvalue weighted by Crippen LogP contribution is 2.33. The number of benzene rings is 3. The molecule has 3 N–H and O–H groups in total. The van der Waals surface area contributed by atoms with Crippen molar-refractivity contribution in [1.82, 2.24) is 0 Å². The van der Waals surface area contributed by atoms with Crippen molar-refractivity contribution in [3.05, 3.63) is 96.1 Å². The van der Waals surface area contributed by atoms with Crippen molar-refractivity contribution in [1.29, 1.82) is 0 Å². The average Bonchev–Trinajstić information content (AvgIpc) is 3.07. The van der Waals surface area contributed by atoms with Gasteiger partial charge in [-0.25, -0.2) is 4.79 Å². The fourth-order valence-electron chi connectivity index (χ4n) is 5.59. The van der Waals surface area contributed by atoms with Crippen LogP contribution in [0, 0.1) is 5.92 Å². The molecule has 0 amide bonds. The Kier molecular flexibility index (Phi) is 12.7. The second-order valence-electron chi connectivity index (χ2n) is 11.7. The number of aliphatic hydroxyl groups excluding tert-OH is 3. The summed E-state index contributed by atoms with van der Waals surface area (Å²) in [6.45, 7) is 8.94. The molecule has 0 bridgehead atoms. The third-order valence-corrected chi connectivity index (χ3v) is 8.45. The van der Waals surface area contributed by atoms with E-state index in [0.29, 0.717) is 13.0 Å². The third-order valence-electron chi connectivity index (χ3n) is 8.45. The van der Waals surface area contributed by atoms with Gasteiger partial charge in [0.05, 0.1) is 44.7 Å². The van der Waals surface area contributed by atoms with E-state index in [1.54, 1.807) is 0 Å². The lowest BCUT2D eigenvalue weighted by Crippen LogP contribution is -2.38. The zero-order valence-corrected chi connectivity index (χ0v) is 25.7. The highest BCUT2D eigenvalue weighted by molar-refractivity contribution is 5.88. The number of hydrogen-bond donors (Lipinski definition) is 3. The molecule has 0 spiro atoms. The van der Waals surface area contributed by atoms with Crippen LogP contribution in [0.3, 0.4) is 0 Å². The van der Waals surface area contributed by atoms with Crippen LogP contribution in [-0.4, -0.2) is 66.7 Å². The van der Waals surface area contributed by atoms with Crippen molar-refractivity contribution in [2.24, 2.45) is 5.92 Å². The summed E-state index contributed by atoms with van der Waals surface area (Å²) in [6, 6.07) is 22.1. The number of aliphatic hydroxyl groups is 3. The zero-order chi connectivity index (χ0) is 31.5. The number of carbonyl (C=O) groups is 1. The number of rotatable bonds is 16. The molecule has 7 nitrogen and oxygen atoms in total. The quantitative estimate of drug-likeness (QED) is 0.0599. The normalized spacial score (nSPS) is 18.1. The second kappa shape index (κ2) is 16.7. The van der Waals surface area contributed by atoms with Gasteiger partial charge in [0.15, 0.2) is 6.29 Å². The average molecular weight is 603 g/mol. The molecular formula is C37H46O7. The molecule has 44 heavy (non-hydrogen) atoms. The van der Waals surface area contributed by atoms with Crippen LogP contribution >= 0.6 is 0 Å². The lowest BCUT2D eigenvalue weighted by atomic mass is 9.87. The van der Waals surface area contributed by atoms with Gasteiger partial charge in [-0.1, -0.05) is 87.5 Å². The van der Waals surface area contributed by atoms with Crippen LogP contribution in [0.5, 0.6) is 0 Å². The molecule has 1 aliphatic heterocycles. The highest BCUT2D eigenvalue weighted by Gasteiger charge is 2.31. The first kappa shape index (κ1) is 33.6. The molecule has 4 atom stereocenters. The molecule has 1 aliphatic rings. The van der Waals surface area contributed by atoms with Crippen LogP contribution in [0.2, 0.25) is 0 Å². The molecule has 1 fully saturated rings. The van der Waals surface area contributed by atoms with Gasteiger partial charge in [0.25, 0.3) is 0 Å². The van der Waals surface area contributed by atoms with Gasteiger partial charge < -0.3 is 29.5 Å². The van der Waals surface area contributed by atoms with Crippen LogP contribution < -0.4 is 0 Å². The first-order valence-corrected chi connectivity index (χ1v) is 15.6. The standard InChI is InChI=1S/C37H46O7/c1-4-5-6-7-27-8-9-32-19-31(15-14-30(32)18-27)28-10-12-29(13-11-28)33-16-17-35(42-22-33)34(23-43-36(40)25(2)20-38)24-44-37(41)26(3)21-39/h8-15,18-19,33-36,38-40H,2-7,16-17,20-24H2,1H3. The molecule has 0 radical (unpaired) electrons. The number of aryl methyl sites for hydroxylation is 1. The van der Waals surface area contributed by atoms with E-state index >= 15 is 0 Å². The Morgan fingerprint density at radius 1 is 0.932 bits per heavy atom. The largest absolute Gasteiger partial charge is 0.462 e. The number of fused-ring (bicyclic) bond motifs is 1. The minimum absolute atomic E-state index is 0.0217. The second-order valence-corrected chi connectivity index (χ2v) is 11.7. The third kappa shape index (κ3) is 9.10. The van der Waals surface area contributed by atoms with E-state index in [0.717, 1.165) is 12.8 Å². The summed E-state index contributed by atoms with van der Waals surface area (Å²) in [6.07, 6.45) is 4.85. The minimum Gasteiger partial charge on any atom is -0.462 e. The Morgan fingerprint density at radius 2 is 1.66 bits per heavy atom. The Morgan fingerprint density at radius 3 is 2.34 bits per heavy atom. The Balaban J connectivity index is 1.36. The van der Waals surface area contributed by atoms with Gasteiger partial charge in [0.1, 0.15) is 0 Å². The van der Waals surface area contributed by atoms with Gasteiger partial charge in [-0.15, -0.1) is 0 Å². The monoisotopic (exact) mass is 602 g/mol. The van der Waals surface area contributed by atoms with Crippen LogP contribution in [0.15, 0.2) is 85.0 Å². The minimum atomic E-state index is -1.34. The van der Waals surface area contributed by atoms with Crippen molar-refractivity contribution >= 4 is 16.7 Å². The topological polar surface area (TPSA) is 105 Å². The molecule has 7 heteroatoms. The predicted octanol–water partition coefficient (Wildman–Crippen LogP) is 6.09. The van der Waals surface area contributed by atoms with E-state index in [-0.39, 0.29) is 42.3 Å². The van der Waals surface area contributed by atoms with Crippen molar-refractivity contribution < 1.29 is 34.3 Å². The fourth-order valence-corrected chi connectivity index (χ4v) is 5.59. The molecule has 1 saturated heterocycles. The molecule has 0 saturated carbocycles. The molecule has 0 aromatic heterocycles. The molecule has 4 unspecified atom stereocenters. The lowest BCUT2D eigenvalue weighted by molar-refractivity contribution is -0.150. The number of esters is 1. The summed E-state index contributed by atoms with van der Waals surface area (Å²) in [7, 11) is 0. The summed E-state index contributed by atoms with van der Waals surface area (Å²) in [5.74, 6) is -0.832. The highest BCUT2D eigenvalue weighted by atomic mass is 16.6. The predicted molar refractivity (Wildman–Crippen MR) is 173 cm³/mol. The smallest absolute Gasteiger partial charge is 0.335 e. The first-order chi connectivity index (χ1) is 21.3. The number of carbonyl (C=O) groups excluding carboxylic acids is 1. The molecule has 4 rings (SSSR count). The maximum absolute atomic E-state index is 12.1. The van der Waals surface area contributed by atoms with Crippen LogP contribution in [0.25, 0.3) is 21.9 Å². The summed E-state index contributed by atoms with van der Waals surface area (Å²) >= 11 is 0. The van der Waals surface area contributed by atoms with Gasteiger partial charge in [-0.2, -0.15) is 0 Å². The van der Waals surface area contributed by atoms with Crippen LogP contribution in [0.4, 0.5) is 0 Å². The molecule has 1 heterocycles. The zero-order valence-electron chi connectivity index (χ0n) is 25.7. The van der Waals surface area contributed by atoms with Crippen molar-refractivity contribution in [3.63, 3.8) is 0 Å². The molecule has 3 aromatic carbocycles. The lowest BCUT2D eigenvalue weighted by Gasteiger charge is -2.34. The van der Waals surface area contributed by atoms with E-state index in [9.17, 15) is 15.0 Å². The maximum Gasteiger partial charge on any atom is 0.335 e. The first-order valence-electron chi connectivity index (χ1n) is 15.6. The van der Waals surface area contributed by atoms with Gasteiger partial charge in [-0.05, 0) is 64.8 Å². The van der Waals surface area contributed by atoms with Gasteiger partial charge in [-0.3, -0.25) is 0 Å². The Bertz CT molecular complexity index is 1390. The fraction of sp³-hybridized carbons (Fsp3) is 0.432. The van der Waals surface area contributed by atoms with Crippen LogP contribution in [-0.2, 0) is 25.4 Å². The number of ether oxygens (including phenoxy) is 3. The molecule has 236 valence electrons. The summed E-state index contributed by atoms with van der Waals surface area (Å²) in [4.78, 5) is 12.1. The molecular weight excluding hydrogens is 556 g/mol. The van der Waals surface area contributed by atoms with Crippen molar-refractivity contribution in [2.45, 2.75) is 63.8 Å². The Hall–Kier alpha value is -3.33. The van der Waals surface area contributed by atoms with Gasteiger partial charge in [0, 0.05) is 17.4 Å². The van der Waals surface area contributed by atoms with E-state index in [1.807, 2.05) is 0 Å².